The lowest BCUT2D eigenvalue weighted by Gasteiger charge is -2.22. The lowest BCUT2D eigenvalue weighted by molar-refractivity contribution is 0.109. The van der Waals surface area contributed by atoms with E-state index in [1.807, 2.05) is 11.8 Å². The number of benzene rings is 1. The summed E-state index contributed by atoms with van der Waals surface area (Å²) in [5.41, 5.74) is 1.36. The van der Waals surface area contributed by atoms with Gasteiger partial charge in [0.2, 0.25) is 0 Å². The van der Waals surface area contributed by atoms with Crippen molar-refractivity contribution in [1.29, 1.82) is 0 Å². The van der Waals surface area contributed by atoms with Crippen molar-refractivity contribution in [2.45, 2.75) is 24.2 Å². The fraction of sp³-hybridized carbons (Fsp3) is 0.500. The first-order chi connectivity index (χ1) is 7.42. The van der Waals surface area contributed by atoms with Crippen molar-refractivity contribution in [3.63, 3.8) is 0 Å². The van der Waals surface area contributed by atoms with E-state index in [0.717, 1.165) is 11.7 Å². The van der Waals surface area contributed by atoms with Crippen LogP contribution in [0.15, 0.2) is 30.3 Å². The maximum atomic E-state index is 5.77. The molecule has 2 rings (SSSR count). The van der Waals surface area contributed by atoms with Gasteiger partial charge >= 0.3 is 0 Å². The molecule has 2 unspecified atom stereocenters. The van der Waals surface area contributed by atoms with Gasteiger partial charge in [-0.05, 0) is 18.4 Å². The van der Waals surface area contributed by atoms with Crippen molar-refractivity contribution in [2.24, 2.45) is 0 Å². The van der Waals surface area contributed by atoms with E-state index in [1.165, 1.54) is 18.4 Å². The fourth-order valence-electron chi connectivity index (χ4n) is 1.98. The Bertz CT molecular complexity index is 283. The van der Waals surface area contributed by atoms with E-state index < -0.39 is 0 Å². The zero-order valence-electron chi connectivity index (χ0n) is 8.63. The number of rotatable bonds is 4. The molecule has 2 atom stereocenters. The number of ether oxygens (including phenoxy) is 1. The zero-order valence-corrected chi connectivity index (χ0v) is 10.3. The topological polar surface area (TPSA) is 9.23 Å². The molecule has 1 aromatic rings. The molecule has 82 valence electrons. The van der Waals surface area contributed by atoms with Crippen molar-refractivity contribution in [1.82, 2.24) is 0 Å². The van der Waals surface area contributed by atoms with E-state index >= 15 is 0 Å². The second kappa shape index (κ2) is 5.83. The van der Waals surface area contributed by atoms with Crippen LogP contribution in [-0.4, -0.2) is 17.8 Å². The Morgan fingerprint density at radius 2 is 2.20 bits per heavy atom. The van der Waals surface area contributed by atoms with Crippen LogP contribution in [0.5, 0.6) is 0 Å². The van der Waals surface area contributed by atoms with Crippen LogP contribution in [-0.2, 0) is 4.74 Å². The molecule has 1 aromatic carbocycles. The Morgan fingerprint density at radius 3 is 2.80 bits per heavy atom. The zero-order chi connectivity index (χ0) is 10.5. The van der Waals surface area contributed by atoms with Crippen LogP contribution in [0.2, 0.25) is 0 Å². The highest BCUT2D eigenvalue weighted by Gasteiger charge is 2.26. The van der Waals surface area contributed by atoms with Crippen LogP contribution < -0.4 is 0 Å². The molecule has 0 saturated carbocycles. The molecule has 0 aliphatic carbocycles. The van der Waals surface area contributed by atoms with Gasteiger partial charge in [-0.3, -0.25) is 0 Å². The minimum absolute atomic E-state index is 0.379. The second-order valence-electron chi connectivity index (χ2n) is 3.68. The number of hydrogen-bond donors (Lipinski definition) is 1. The molecule has 15 heavy (non-hydrogen) atoms. The Balaban J connectivity index is 2.11. The lowest BCUT2D eigenvalue weighted by atomic mass is 10.1. The van der Waals surface area contributed by atoms with E-state index in [4.69, 9.17) is 4.74 Å². The summed E-state index contributed by atoms with van der Waals surface area (Å²) in [5.74, 6) is 0. The Kier molecular flexibility index (Phi) is 4.42. The standard InChI is InChI=1S/C12H16OS2/c14-9-15-12(11-7-4-8-13-11)10-5-2-1-3-6-10/h1-3,5-6,11-12,14H,4,7-9H2. The predicted molar refractivity (Wildman–Crippen MR) is 69.6 cm³/mol. The van der Waals surface area contributed by atoms with Gasteiger partial charge in [-0.1, -0.05) is 30.3 Å². The molecule has 1 aliphatic rings. The molecule has 0 aromatic heterocycles. The summed E-state index contributed by atoms with van der Waals surface area (Å²) in [6.07, 6.45) is 2.76. The van der Waals surface area contributed by atoms with Gasteiger partial charge in [0, 0.05) is 11.7 Å². The number of thioether (sulfide) groups is 1. The van der Waals surface area contributed by atoms with Gasteiger partial charge in [0.25, 0.3) is 0 Å². The van der Waals surface area contributed by atoms with Crippen LogP contribution >= 0.6 is 24.4 Å². The van der Waals surface area contributed by atoms with Crippen LogP contribution in [0.1, 0.15) is 23.7 Å². The van der Waals surface area contributed by atoms with Gasteiger partial charge in [0.05, 0.1) is 11.4 Å². The highest BCUT2D eigenvalue weighted by Crippen LogP contribution is 2.38. The summed E-state index contributed by atoms with van der Waals surface area (Å²) in [4.78, 5) is 0. The van der Waals surface area contributed by atoms with Crippen molar-refractivity contribution in [3.05, 3.63) is 35.9 Å². The summed E-state index contributed by atoms with van der Waals surface area (Å²) >= 11 is 6.18. The maximum absolute atomic E-state index is 5.77. The van der Waals surface area contributed by atoms with Gasteiger partial charge in [-0.2, -0.15) is 12.6 Å². The Labute approximate surface area is 101 Å². The van der Waals surface area contributed by atoms with Crippen LogP contribution in [0.3, 0.4) is 0 Å². The number of hydrogen-bond acceptors (Lipinski definition) is 3. The first-order valence-electron chi connectivity index (χ1n) is 5.31. The average Bonchev–Trinajstić information content (AvgIpc) is 2.80. The third-order valence-electron chi connectivity index (χ3n) is 2.68. The van der Waals surface area contributed by atoms with Gasteiger partial charge in [-0.25, -0.2) is 0 Å². The minimum atomic E-state index is 0.379. The Morgan fingerprint density at radius 1 is 1.40 bits per heavy atom. The fourth-order valence-corrected chi connectivity index (χ4v) is 3.40. The monoisotopic (exact) mass is 240 g/mol. The van der Waals surface area contributed by atoms with E-state index in [0.29, 0.717) is 11.4 Å². The summed E-state index contributed by atoms with van der Waals surface area (Å²) < 4.78 is 5.77. The first kappa shape index (κ1) is 11.4. The van der Waals surface area contributed by atoms with Gasteiger partial charge in [-0.15, -0.1) is 11.8 Å². The molecule has 1 nitrogen and oxygen atoms in total. The molecule has 1 heterocycles. The maximum Gasteiger partial charge on any atom is 0.0735 e. The van der Waals surface area contributed by atoms with Gasteiger partial charge in [0.15, 0.2) is 0 Å². The SMILES string of the molecule is SCSC(c1ccccc1)C1CCCO1. The number of thiol groups is 1. The molecule has 0 spiro atoms. The van der Waals surface area contributed by atoms with Crippen molar-refractivity contribution >= 4 is 24.4 Å². The highest BCUT2D eigenvalue weighted by molar-refractivity contribution is 8.09. The predicted octanol–water partition coefficient (Wildman–Crippen LogP) is 3.53. The van der Waals surface area contributed by atoms with Crippen molar-refractivity contribution < 1.29 is 4.74 Å². The third kappa shape index (κ3) is 2.92. The van der Waals surface area contributed by atoms with Crippen molar-refractivity contribution in [2.75, 3.05) is 11.7 Å². The molecule has 0 N–H and O–H groups in total. The van der Waals surface area contributed by atoms with E-state index in [1.54, 1.807) is 0 Å². The lowest BCUT2D eigenvalue weighted by Crippen LogP contribution is -2.14. The van der Waals surface area contributed by atoms with Crippen LogP contribution in [0, 0.1) is 0 Å². The largest absolute Gasteiger partial charge is 0.377 e. The Hall–Kier alpha value is -0.120. The molecule has 1 saturated heterocycles. The first-order valence-corrected chi connectivity index (χ1v) is 6.99. The highest BCUT2D eigenvalue weighted by atomic mass is 32.2. The van der Waals surface area contributed by atoms with E-state index in [2.05, 4.69) is 43.0 Å². The summed E-state index contributed by atoms with van der Waals surface area (Å²) in [5, 5.41) is 1.30. The smallest absolute Gasteiger partial charge is 0.0735 e. The molecular formula is C12H16OS2. The van der Waals surface area contributed by atoms with Crippen molar-refractivity contribution in [3.8, 4) is 0 Å². The normalized spacial score (nSPS) is 22.9. The molecule has 3 heteroatoms. The molecular weight excluding hydrogens is 224 g/mol. The summed E-state index contributed by atoms with van der Waals surface area (Å²) in [6, 6.07) is 10.6. The third-order valence-corrected chi connectivity index (χ3v) is 4.22. The molecule has 0 radical (unpaired) electrons. The molecule has 0 amide bonds. The molecule has 0 bridgehead atoms. The average molecular weight is 240 g/mol. The second-order valence-corrected chi connectivity index (χ2v) is 5.55. The van der Waals surface area contributed by atoms with Crippen LogP contribution in [0.4, 0.5) is 0 Å². The van der Waals surface area contributed by atoms with Gasteiger partial charge in [0.1, 0.15) is 0 Å². The summed E-state index contributed by atoms with van der Waals surface area (Å²) in [6.45, 7) is 0.918. The molecule has 1 fully saturated rings. The van der Waals surface area contributed by atoms with E-state index in [-0.39, 0.29) is 0 Å². The quantitative estimate of drug-likeness (QED) is 0.637. The van der Waals surface area contributed by atoms with Gasteiger partial charge < -0.3 is 4.74 Å². The van der Waals surface area contributed by atoms with E-state index in [9.17, 15) is 0 Å². The molecule has 1 aliphatic heterocycles. The van der Waals surface area contributed by atoms with Crippen LogP contribution in [0.25, 0.3) is 0 Å². The minimum Gasteiger partial charge on any atom is -0.377 e. The summed E-state index contributed by atoms with van der Waals surface area (Å²) in [7, 11) is 0.